The van der Waals surface area contributed by atoms with Crippen LogP contribution in [0.5, 0.6) is 0 Å². The third-order valence-corrected chi connectivity index (χ3v) is 4.32. The lowest BCUT2D eigenvalue weighted by Crippen LogP contribution is -2.38. The van der Waals surface area contributed by atoms with Gasteiger partial charge in [-0.15, -0.1) is 0 Å². The Kier molecular flexibility index (Phi) is 4.08. The normalized spacial score (nSPS) is 13.7. The second kappa shape index (κ2) is 6.01. The van der Waals surface area contributed by atoms with Crippen LogP contribution in [-0.4, -0.2) is 12.6 Å². The number of carbonyl (C=O) groups excluding carboxylic acids is 1. The molecule has 0 unspecified atom stereocenters. The van der Waals surface area contributed by atoms with Crippen LogP contribution < -0.4 is 10.2 Å². The largest absolute Gasteiger partial charge is 0.326 e. The first-order valence-corrected chi connectivity index (χ1v) is 7.87. The van der Waals surface area contributed by atoms with E-state index in [1.54, 1.807) is 4.90 Å². The Labute approximate surface area is 135 Å². The minimum Gasteiger partial charge on any atom is -0.306 e. The van der Waals surface area contributed by atoms with Crippen molar-refractivity contribution < 1.29 is 4.79 Å². The van der Waals surface area contributed by atoms with Gasteiger partial charge in [0.25, 0.3) is 0 Å². The molecule has 1 aliphatic heterocycles. The number of rotatable bonds is 1. The first-order valence-electron chi connectivity index (χ1n) is 7.49. The van der Waals surface area contributed by atoms with E-state index >= 15 is 0 Å². The molecule has 1 heterocycles. The molecule has 0 spiro atoms. The van der Waals surface area contributed by atoms with Crippen molar-refractivity contribution in [1.82, 2.24) is 0 Å². The van der Waals surface area contributed by atoms with Crippen molar-refractivity contribution >= 4 is 29.0 Å². The summed E-state index contributed by atoms with van der Waals surface area (Å²) in [6, 6.07) is 11.8. The number of urea groups is 1. The molecule has 0 saturated carbocycles. The van der Waals surface area contributed by atoms with Crippen molar-refractivity contribution in [1.29, 1.82) is 0 Å². The number of carbonyl (C=O) groups is 1. The number of nitrogens with zero attached hydrogens (tertiary/aromatic N) is 1. The molecule has 2 aromatic rings. The van der Waals surface area contributed by atoms with Crippen molar-refractivity contribution in [2.75, 3.05) is 16.8 Å². The van der Waals surface area contributed by atoms with Gasteiger partial charge >= 0.3 is 6.03 Å². The van der Waals surface area contributed by atoms with Crippen LogP contribution in [-0.2, 0) is 6.42 Å². The van der Waals surface area contributed by atoms with Gasteiger partial charge in [0.1, 0.15) is 0 Å². The Morgan fingerprint density at radius 3 is 2.77 bits per heavy atom. The maximum Gasteiger partial charge on any atom is 0.326 e. The standard InChI is InChI=1S/C18H19ClN2O/c1-12-10-13(2)17(15(19)11-12)20-18(22)21-9-5-7-14-6-3-4-8-16(14)21/h3-4,6,8,10-11H,5,7,9H2,1-2H3,(H,20,22). The predicted molar refractivity (Wildman–Crippen MR) is 92.1 cm³/mol. The molecule has 2 amide bonds. The second-order valence-corrected chi connectivity index (χ2v) is 6.16. The SMILES string of the molecule is Cc1cc(C)c(NC(=O)N2CCCc3ccccc32)c(Cl)c1. The molecule has 22 heavy (non-hydrogen) atoms. The van der Waals surface area contributed by atoms with Crippen molar-refractivity contribution in [3.8, 4) is 0 Å². The molecule has 0 aromatic heterocycles. The van der Waals surface area contributed by atoms with Gasteiger partial charge in [0.2, 0.25) is 0 Å². The third-order valence-electron chi connectivity index (χ3n) is 4.02. The van der Waals surface area contributed by atoms with Crippen LogP contribution in [0.2, 0.25) is 5.02 Å². The summed E-state index contributed by atoms with van der Waals surface area (Å²) in [5.74, 6) is 0. The van der Waals surface area contributed by atoms with E-state index in [4.69, 9.17) is 11.6 Å². The summed E-state index contributed by atoms with van der Waals surface area (Å²) in [4.78, 5) is 14.5. The number of halogens is 1. The fourth-order valence-electron chi connectivity index (χ4n) is 2.99. The van der Waals surface area contributed by atoms with E-state index in [0.717, 1.165) is 36.2 Å². The molecule has 0 radical (unpaired) electrons. The van der Waals surface area contributed by atoms with Crippen LogP contribution in [0, 0.1) is 13.8 Å². The number of para-hydroxylation sites is 1. The number of aryl methyl sites for hydroxylation is 3. The molecule has 1 aliphatic rings. The van der Waals surface area contributed by atoms with E-state index in [-0.39, 0.29) is 6.03 Å². The molecule has 2 aromatic carbocycles. The molecular weight excluding hydrogens is 296 g/mol. The molecule has 3 nitrogen and oxygen atoms in total. The lowest BCUT2D eigenvalue weighted by molar-refractivity contribution is 0.256. The zero-order valence-electron chi connectivity index (χ0n) is 12.8. The van der Waals surface area contributed by atoms with E-state index in [2.05, 4.69) is 11.4 Å². The van der Waals surface area contributed by atoms with Gasteiger partial charge in [-0.25, -0.2) is 4.79 Å². The van der Waals surface area contributed by atoms with Crippen molar-refractivity contribution in [2.45, 2.75) is 26.7 Å². The summed E-state index contributed by atoms with van der Waals surface area (Å²) in [6.45, 7) is 4.68. The molecule has 1 N–H and O–H groups in total. The van der Waals surface area contributed by atoms with Gasteiger partial charge < -0.3 is 5.32 Å². The molecule has 4 heteroatoms. The minimum absolute atomic E-state index is 0.124. The Balaban J connectivity index is 1.88. The van der Waals surface area contributed by atoms with Crippen LogP contribution in [0.15, 0.2) is 36.4 Å². The Morgan fingerprint density at radius 2 is 2.00 bits per heavy atom. The first-order chi connectivity index (χ1) is 10.6. The van der Waals surface area contributed by atoms with Crippen molar-refractivity contribution in [2.24, 2.45) is 0 Å². The average Bonchev–Trinajstić information content (AvgIpc) is 2.50. The molecule has 0 aliphatic carbocycles. The van der Waals surface area contributed by atoms with Crippen LogP contribution in [0.3, 0.4) is 0 Å². The Morgan fingerprint density at radius 1 is 1.23 bits per heavy atom. The van der Waals surface area contributed by atoms with E-state index < -0.39 is 0 Å². The van der Waals surface area contributed by atoms with Crippen molar-refractivity contribution in [3.05, 3.63) is 58.1 Å². The van der Waals surface area contributed by atoms with E-state index in [1.807, 2.05) is 44.2 Å². The maximum absolute atomic E-state index is 12.7. The van der Waals surface area contributed by atoms with Gasteiger partial charge in [-0.3, -0.25) is 4.90 Å². The highest BCUT2D eigenvalue weighted by Gasteiger charge is 2.23. The topological polar surface area (TPSA) is 32.3 Å². The predicted octanol–water partition coefficient (Wildman–Crippen LogP) is 4.94. The van der Waals surface area contributed by atoms with E-state index in [9.17, 15) is 4.79 Å². The molecule has 114 valence electrons. The van der Waals surface area contributed by atoms with Gasteiger partial charge in [-0.2, -0.15) is 0 Å². The van der Waals surface area contributed by atoms with Crippen LogP contribution in [0.4, 0.5) is 16.2 Å². The quantitative estimate of drug-likeness (QED) is 0.794. The molecule has 0 atom stereocenters. The van der Waals surface area contributed by atoms with Gasteiger partial charge in [0.15, 0.2) is 0 Å². The summed E-state index contributed by atoms with van der Waals surface area (Å²) < 4.78 is 0. The van der Waals surface area contributed by atoms with E-state index in [1.165, 1.54) is 5.56 Å². The fourth-order valence-corrected chi connectivity index (χ4v) is 3.36. The monoisotopic (exact) mass is 314 g/mol. The number of amides is 2. The summed E-state index contributed by atoms with van der Waals surface area (Å²) >= 11 is 6.28. The zero-order chi connectivity index (χ0) is 15.7. The Bertz CT molecular complexity index is 704. The zero-order valence-corrected chi connectivity index (χ0v) is 13.6. The summed E-state index contributed by atoms with van der Waals surface area (Å²) in [6.07, 6.45) is 2.00. The van der Waals surface area contributed by atoms with Crippen molar-refractivity contribution in [3.63, 3.8) is 0 Å². The minimum atomic E-state index is -0.124. The molecule has 3 rings (SSSR count). The number of benzene rings is 2. The highest BCUT2D eigenvalue weighted by Crippen LogP contribution is 2.30. The fraction of sp³-hybridized carbons (Fsp3) is 0.278. The number of hydrogen-bond donors (Lipinski definition) is 1. The Hall–Kier alpha value is -2.00. The van der Waals surface area contributed by atoms with Gasteiger partial charge in [0, 0.05) is 12.2 Å². The number of nitrogens with one attached hydrogen (secondary N) is 1. The number of anilines is 2. The molecule has 0 bridgehead atoms. The number of fused-ring (bicyclic) bond motifs is 1. The van der Waals surface area contributed by atoms with Crippen LogP contribution >= 0.6 is 11.6 Å². The van der Waals surface area contributed by atoms with E-state index in [0.29, 0.717) is 10.7 Å². The smallest absolute Gasteiger partial charge is 0.306 e. The van der Waals surface area contributed by atoms with Gasteiger partial charge in [-0.1, -0.05) is 35.9 Å². The third kappa shape index (κ3) is 2.81. The highest BCUT2D eigenvalue weighted by molar-refractivity contribution is 6.34. The molecule has 0 saturated heterocycles. The van der Waals surface area contributed by atoms with Gasteiger partial charge in [-0.05, 0) is 55.5 Å². The summed E-state index contributed by atoms with van der Waals surface area (Å²) in [7, 11) is 0. The first kappa shape index (κ1) is 14.9. The lowest BCUT2D eigenvalue weighted by atomic mass is 10.0. The van der Waals surface area contributed by atoms with Crippen LogP contribution in [0.25, 0.3) is 0 Å². The summed E-state index contributed by atoms with van der Waals surface area (Å²) in [5.41, 5.74) is 4.97. The lowest BCUT2D eigenvalue weighted by Gasteiger charge is -2.29. The molecule has 0 fully saturated rings. The second-order valence-electron chi connectivity index (χ2n) is 5.75. The summed E-state index contributed by atoms with van der Waals surface area (Å²) in [5, 5.41) is 3.55. The number of hydrogen-bond acceptors (Lipinski definition) is 1. The highest BCUT2D eigenvalue weighted by atomic mass is 35.5. The van der Waals surface area contributed by atoms with Gasteiger partial charge in [0.05, 0.1) is 10.7 Å². The maximum atomic E-state index is 12.7. The average molecular weight is 315 g/mol. The van der Waals surface area contributed by atoms with Crippen LogP contribution in [0.1, 0.15) is 23.1 Å². The molecular formula is C18H19ClN2O.